The number of nitrogens with one attached hydrogen (secondary N) is 1. The Hall–Kier alpha value is -0.750. The lowest BCUT2D eigenvalue weighted by molar-refractivity contribution is -0.156. The van der Waals surface area contributed by atoms with Crippen molar-refractivity contribution in [1.82, 2.24) is 10.2 Å². The maximum absolute atomic E-state index is 13.1. The molecule has 6 heteroatoms. The van der Waals surface area contributed by atoms with E-state index < -0.39 is 11.6 Å². The third kappa shape index (κ3) is 3.54. The average molecular weight is 314 g/mol. The first-order valence-corrected chi connectivity index (χ1v) is 9.10. The quantitative estimate of drug-likeness (QED) is 0.778. The van der Waals surface area contributed by atoms with Crippen LogP contribution >= 0.6 is 11.8 Å². The van der Waals surface area contributed by atoms with Crippen LogP contribution in [0.1, 0.15) is 39.5 Å². The largest absolute Gasteiger partial charge is 0.464 e. The van der Waals surface area contributed by atoms with Crippen LogP contribution in [0.15, 0.2) is 0 Å². The van der Waals surface area contributed by atoms with Crippen LogP contribution in [0, 0.1) is 0 Å². The van der Waals surface area contributed by atoms with Gasteiger partial charge in [-0.15, -0.1) is 0 Å². The molecule has 2 heterocycles. The molecule has 0 bridgehead atoms. The molecule has 0 aromatic heterocycles. The summed E-state index contributed by atoms with van der Waals surface area (Å²) in [5.41, 5.74) is -0.457. The zero-order valence-electron chi connectivity index (χ0n) is 13.0. The molecule has 21 heavy (non-hydrogen) atoms. The monoisotopic (exact) mass is 314 g/mol. The number of rotatable bonds is 5. The summed E-state index contributed by atoms with van der Waals surface area (Å²) in [6.07, 6.45) is 3.70. The number of ether oxygens (including phenoxy) is 1. The van der Waals surface area contributed by atoms with Crippen LogP contribution in [0.3, 0.4) is 0 Å². The summed E-state index contributed by atoms with van der Waals surface area (Å²) < 4.78 is 5.15. The molecular weight excluding hydrogens is 288 g/mol. The Bertz CT molecular complexity index is 383. The zero-order chi connectivity index (χ0) is 15.3. The second-order valence-electron chi connectivity index (χ2n) is 5.70. The molecule has 0 aromatic carbocycles. The molecule has 0 spiro atoms. The number of carbonyl (C=O) groups is 2. The van der Waals surface area contributed by atoms with E-state index in [2.05, 4.69) is 12.2 Å². The summed E-state index contributed by atoms with van der Waals surface area (Å²) in [4.78, 5) is 27.0. The predicted molar refractivity (Wildman–Crippen MR) is 84.3 cm³/mol. The minimum atomic E-state index is -0.457. The van der Waals surface area contributed by atoms with Crippen LogP contribution in [0.2, 0.25) is 0 Å². The van der Waals surface area contributed by atoms with Crippen molar-refractivity contribution in [1.29, 1.82) is 0 Å². The van der Waals surface area contributed by atoms with Gasteiger partial charge in [-0.25, -0.2) is 4.79 Å². The molecule has 1 N–H and O–H groups in total. The molecule has 5 nitrogen and oxygen atoms in total. The van der Waals surface area contributed by atoms with Crippen molar-refractivity contribution in [2.45, 2.75) is 51.1 Å². The molecule has 120 valence electrons. The Morgan fingerprint density at radius 2 is 2.24 bits per heavy atom. The average Bonchev–Trinajstić information content (AvgIpc) is 2.97. The van der Waals surface area contributed by atoms with E-state index in [1.165, 1.54) is 0 Å². The van der Waals surface area contributed by atoms with Gasteiger partial charge in [-0.3, -0.25) is 4.79 Å². The summed E-state index contributed by atoms with van der Waals surface area (Å²) in [7, 11) is 0. The highest BCUT2D eigenvalue weighted by Gasteiger charge is 2.46. The minimum Gasteiger partial charge on any atom is -0.464 e. The van der Waals surface area contributed by atoms with Crippen LogP contribution in [0.5, 0.6) is 0 Å². The number of nitrogens with zero attached hydrogens (tertiary/aromatic N) is 1. The van der Waals surface area contributed by atoms with Gasteiger partial charge in [0.25, 0.3) is 0 Å². The molecule has 2 aliphatic rings. The van der Waals surface area contributed by atoms with E-state index in [9.17, 15) is 9.59 Å². The second-order valence-corrected chi connectivity index (χ2v) is 6.85. The molecular formula is C15H26N2O3S. The smallest absolute Gasteiger partial charge is 0.329 e. The van der Waals surface area contributed by atoms with Gasteiger partial charge in [-0.1, -0.05) is 13.3 Å². The third-order valence-electron chi connectivity index (χ3n) is 4.28. The minimum absolute atomic E-state index is 0.0974. The van der Waals surface area contributed by atoms with Gasteiger partial charge in [0.1, 0.15) is 6.04 Å². The number of amides is 1. The summed E-state index contributed by atoms with van der Waals surface area (Å²) >= 11 is 1.72. The Labute approximate surface area is 131 Å². The standard InChI is InChI=1S/C15H26N2O3S/c1-3-6-15(7-5-8-16-15)14(19)17-9-10-21-11-12(17)13(18)20-4-2/h12,16H,3-11H2,1-2H3. The summed E-state index contributed by atoms with van der Waals surface area (Å²) in [6.45, 7) is 5.79. The van der Waals surface area contributed by atoms with Gasteiger partial charge >= 0.3 is 5.97 Å². The van der Waals surface area contributed by atoms with Crippen molar-refractivity contribution >= 4 is 23.6 Å². The summed E-state index contributed by atoms with van der Waals surface area (Å²) in [6, 6.07) is -0.424. The van der Waals surface area contributed by atoms with Gasteiger partial charge < -0.3 is 15.0 Å². The predicted octanol–water partition coefficient (Wildman–Crippen LogP) is 1.42. The molecule has 0 radical (unpaired) electrons. The van der Waals surface area contributed by atoms with Crippen molar-refractivity contribution in [2.24, 2.45) is 0 Å². The molecule has 2 atom stereocenters. The van der Waals surface area contributed by atoms with Crippen LogP contribution < -0.4 is 5.32 Å². The Balaban J connectivity index is 2.15. The lowest BCUT2D eigenvalue weighted by atomic mass is 9.89. The van der Waals surface area contributed by atoms with Gasteiger partial charge in [-0.05, 0) is 32.7 Å². The molecule has 1 amide bonds. The van der Waals surface area contributed by atoms with E-state index in [1.54, 1.807) is 23.6 Å². The first kappa shape index (κ1) is 16.6. The highest BCUT2D eigenvalue weighted by Crippen LogP contribution is 2.30. The molecule has 2 aliphatic heterocycles. The van der Waals surface area contributed by atoms with Crippen LogP contribution in [0.25, 0.3) is 0 Å². The fourth-order valence-electron chi connectivity index (χ4n) is 3.29. The summed E-state index contributed by atoms with van der Waals surface area (Å²) in [5.74, 6) is 1.37. The molecule has 2 saturated heterocycles. The SMILES string of the molecule is CCCC1(C(=O)N2CCSCC2C(=O)OCC)CCCN1. The fourth-order valence-corrected chi connectivity index (χ4v) is 4.32. The van der Waals surface area contributed by atoms with E-state index >= 15 is 0 Å². The molecule has 0 aromatic rings. The second kappa shape index (κ2) is 7.49. The first-order chi connectivity index (χ1) is 10.1. The number of thioether (sulfide) groups is 1. The van der Waals surface area contributed by atoms with E-state index in [0.29, 0.717) is 18.9 Å². The molecule has 0 saturated carbocycles. The Morgan fingerprint density at radius 3 is 2.86 bits per heavy atom. The maximum atomic E-state index is 13.1. The van der Waals surface area contributed by atoms with Crippen molar-refractivity contribution in [2.75, 3.05) is 31.2 Å². The highest BCUT2D eigenvalue weighted by molar-refractivity contribution is 7.99. The van der Waals surface area contributed by atoms with E-state index in [0.717, 1.165) is 38.0 Å². The zero-order valence-corrected chi connectivity index (χ0v) is 13.8. The molecule has 2 fully saturated rings. The van der Waals surface area contributed by atoms with Crippen molar-refractivity contribution < 1.29 is 14.3 Å². The first-order valence-electron chi connectivity index (χ1n) is 7.95. The van der Waals surface area contributed by atoms with Gasteiger partial charge in [0.2, 0.25) is 5.91 Å². The number of hydrogen-bond acceptors (Lipinski definition) is 5. The lowest BCUT2D eigenvalue weighted by Crippen LogP contribution is -2.61. The van der Waals surface area contributed by atoms with E-state index in [-0.39, 0.29) is 11.9 Å². The van der Waals surface area contributed by atoms with Crippen LogP contribution in [-0.2, 0) is 14.3 Å². The van der Waals surface area contributed by atoms with Gasteiger partial charge in [0.15, 0.2) is 0 Å². The molecule has 2 rings (SSSR count). The van der Waals surface area contributed by atoms with E-state index in [1.807, 2.05) is 0 Å². The van der Waals surface area contributed by atoms with Gasteiger partial charge in [0.05, 0.1) is 12.1 Å². The van der Waals surface area contributed by atoms with Gasteiger partial charge in [0, 0.05) is 18.1 Å². The topological polar surface area (TPSA) is 58.6 Å². The van der Waals surface area contributed by atoms with Gasteiger partial charge in [-0.2, -0.15) is 11.8 Å². The van der Waals surface area contributed by atoms with E-state index in [4.69, 9.17) is 4.74 Å². The Kier molecular flexibility index (Phi) is 5.93. The number of hydrogen-bond donors (Lipinski definition) is 1. The number of carbonyl (C=O) groups excluding carboxylic acids is 2. The Morgan fingerprint density at radius 1 is 1.43 bits per heavy atom. The summed E-state index contributed by atoms with van der Waals surface area (Å²) in [5, 5.41) is 3.41. The van der Waals surface area contributed by atoms with Crippen molar-refractivity contribution in [3.05, 3.63) is 0 Å². The van der Waals surface area contributed by atoms with Crippen molar-refractivity contribution in [3.63, 3.8) is 0 Å². The molecule has 0 aliphatic carbocycles. The third-order valence-corrected chi connectivity index (χ3v) is 5.30. The van der Waals surface area contributed by atoms with Crippen LogP contribution in [0.4, 0.5) is 0 Å². The number of esters is 1. The van der Waals surface area contributed by atoms with Crippen molar-refractivity contribution in [3.8, 4) is 0 Å². The van der Waals surface area contributed by atoms with Crippen LogP contribution in [-0.4, -0.2) is 59.6 Å². The fraction of sp³-hybridized carbons (Fsp3) is 0.867. The normalized spacial score (nSPS) is 29.4. The maximum Gasteiger partial charge on any atom is 0.329 e. The lowest BCUT2D eigenvalue weighted by Gasteiger charge is -2.40. The highest BCUT2D eigenvalue weighted by atomic mass is 32.2. The molecule has 2 unspecified atom stereocenters.